The third kappa shape index (κ3) is 2.61. The van der Waals surface area contributed by atoms with Crippen LogP contribution in [0.4, 0.5) is 0 Å². The zero-order chi connectivity index (χ0) is 17.5. The monoisotopic (exact) mass is 370 g/mol. The van der Waals surface area contributed by atoms with Gasteiger partial charge in [0.15, 0.2) is 0 Å². The highest BCUT2D eigenvalue weighted by atomic mass is 35.5. The maximum Gasteiger partial charge on any atom is 0.0413 e. The maximum absolute atomic E-state index is 6.27. The average molecular weight is 371 g/mol. The van der Waals surface area contributed by atoms with Crippen molar-refractivity contribution in [2.75, 3.05) is 0 Å². The van der Waals surface area contributed by atoms with Gasteiger partial charge < -0.3 is 0 Å². The minimum atomic E-state index is 0.784. The van der Waals surface area contributed by atoms with Crippen molar-refractivity contribution < 1.29 is 0 Å². The van der Waals surface area contributed by atoms with E-state index in [9.17, 15) is 0 Å². The lowest BCUT2D eigenvalue weighted by Crippen LogP contribution is -1.81. The van der Waals surface area contributed by atoms with Crippen molar-refractivity contribution >= 4 is 43.1 Å². The summed E-state index contributed by atoms with van der Waals surface area (Å²) in [4.78, 5) is 0. The van der Waals surface area contributed by atoms with Gasteiger partial charge in [0, 0.05) is 25.2 Å². The van der Waals surface area contributed by atoms with Crippen LogP contribution < -0.4 is 0 Å². The largest absolute Gasteiger partial charge is 0.135 e. The lowest BCUT2D eigenvalue weighted by Gasteiger charge is -2.07. The van der Waals surface area contributed by atoms with E-state index in [1.165, 1.54) is 42.4 Å². The molecule has 0 spiro atoms. The van der Waals surface area contributed by atoms with Crippen molar-refractivity contribution in [1.82, 2.24) is 0 Å². The molecule has 5 aromatic rings. The predicted molar refractivity (Wildman–Crippen MR) is 115 cm³/mol. The van der Waals surface area contributed by atoms with Gasteiger partial charge in [0.25, 0.3) is 0 Å². The predicted octanol–water partition coefficient (Wildman–Crippen LogP) is 8.04. The SMILES string of the molecule is Clc1ccc2sc3cccc(-c4ccc(-c5ccccc5)cc4)c3c2c1. The fourth-order valence-electron chi connectivity index (χ4n) is 3.51. The van der Waals surface area contributed by atoms with Crippen molar-refractivity contribution in [1.29, 1.82) is 0 Å². The molecule has 124 valence electrons. The zero-order valence-corrected chi connectivity index (χ0v) is 15.5. The number of rotatable bonds is 2. The molecule has 0 aliphatic heterocycles. The Balaban J connectivity index is 1.69. The van der Waals surface area contributed by atoms with Crippen LogP contribution in [0.1, 0.15) is 0 Å². The van der Waals surface area contributed by atoms with Crippen LogP contribution in [0.25, 0.3) is 42.4 Å². The van der Waals surface area contributed by atoms with Crippen LogP contribution in [-0.2, 0) is 0 Å². The summed E-state index contributed by atoms with van der Waals surface area (Å²) in [6.07, 6.45) is 0. The Bertz CT molecular complexity index is 1220. The van der Waals surface area contributed by atoms with Gasteiger partial charge >= 0.3 is 0 Å². The van der Waals surface area contributed by atoms with E-state index in [1.807, 2.05) is 23.5 Å². The molecule has 0 radical (unpaired) electrons. The Morgan fingerprint density at radius 1 is 0.577 bits per heavy atom. The second kappa shape index (κ2) is 6.28. The first kappa shape index (κ1) is 15.6. The Kier molecular flexibility index (Phi) is 3.77. The highest BCUT2D eigenvalue weighted by Crippen LogP contribution is 2.41. The zero-order valence-electron chi connectivity index (χ0n) is 13.9. The van der Waals surface area contributed by atoms with Crippen LogP contribution in [-0.4, -0.2) is 0 Å². The number of fused-ring (bicyclic) bond motifs is 3. The van der Waals surface area contributed by atoms with E-state index in [4.69, 9.17) is 11.6 Å². The third-order valence-electron chi connectivity index (χ3n) is 4.76. The normalized spacial score (nSPS) is 11.3. The highest BCUT2D eigenvalue weighted by Gasteiger charge is 2.11. The lowest BCUT2D eigenvalue weighted by molar-refractivity contribution is 1.61. The molecule has 0 amide bonds. The molecule has 4 aromatic carbocycles. The molecule has 0 saturated carbocycles. The van der Waals surface area contributed by atoms with Crippen LogP contribution >= 0.6 is 22.9 Å². The van der Waals surface area contributed by atoms with Crippen LogP contribution in [0.5, 0.6) is 0 Å². The highest BCUT2D eigenvalue weighted by molar-refractivity contribution is 7.26. The molecular weight excluding hydrogens is 356 g/mol. The van der Waals surface area contributed by atoms with Crippen molar-refractivity contribution in [2.24, 2.45) is 0 Å². The van der Waals surface area contributed by atoms with Crippen molar-refractivity contribution in [3.63, 3.8) is 0 Å². The standard InChI is InChI=1S/C24H15ClS/c25-19-13-14-22-21(15-19)24-20(7-4-8-23(24)26-22)18-11-9-17(10-12-18)16-5-2-1-3-6-16/h1-15H. The molecule has 0 aliphatic rings. The first-order chi connectivity index (χ1) is 12.8. The number of thiophene rings is 1. The maximum atomic E-state index is 6.27. The molecule has 1 aromatic heterocycles. The summed E-state index contributed by atoms with van der Waals surface area (Å²) in [6, 6.07) is 32.0. The van der Waals surface area contributed by atoms with Gasteiger partial charge in [-0.3, -0.25) is 0 Å². The second-order valence-electron chi connectivity index (χ2n) is 6.36. The molecule has 0 aliphatic carbocycles. The van der Waals surface area contributed by atoms with Crippen LogP contribution in [0.3, 0.4) is 0 Å². The molecule has 2 heteroatoms. The van der Waals surface area contributed by atoms with Crippen molar-refractivity contribution in [3.8, 4) is 22.3 Å². The van der Waals surface area contributed by atoms with Crippen LogP contribution in [0.15, 0.2) is 91.0 Å². The smallest absolute Gasteiger partial charge is 0.0413 e. The fraction of sp³-hybridized carbons (Fsp3) is 0. The molecule has 0 saturated heterocycles. The lowest BCUT2D eigenvalue weighted by atomic mass is 9.97. The summed E-state index contributed by atoms with van der Waals surface area (Å²) in [5.74, 6) is 0. The first-order valence-electron chi connectivity index (χ1n) is 8.56. The molecular formula is C24H15ClS. The topological polar surface area (TPSA) is 0 Å². The molecule has 1 heterocycles. The van der Waals surface area contributed by atoms with E-state index in [2.05, 4.69) is 78.9 Å². The Labute approximate surface area is 161 Å². The molecule has 0 atom stereocenters. The third-order valence-corrected chi connectivity index (χ3v) is 6.13. The van der Waals surface area contributed by atoms with E-state index in [0.29, 0.717) is 0 Å². The Morgan fingerprint density at radius 2 is 1.31 bits per heavy atom. The molecule has 5 rings (SSSR count). The summed E-state index contributed by atoms with van der Waals surface area (Å²) in [5.41, 5.74) is 4.97. The summed E-state index contributed by atoms with van der Waals surface area (Å²) < 4.78 is 2.57. The molecule has 0 nitrogen and oxygen atoms in total. The van der Waals surface area contributed by atoms with Gasteiger partial charge in [-0.1, -0.05) is 78.3 Å². The van der Waals surface area contributed by atoms with E-state index in [-0.39, 0.29) is 0 Å². The number of hydrogen-bond acceptors (Lipinski definition) is 1. The van der Waals surface area contributed by atoms with Gasteiger partial charge in [-0.05, 0) is 46.5 Å². The summed E-state index contributed by atoms with van der Waals surface area (Å²) in [7, 11) is 0. The van der Waals surface area contributed by atoms with E-state index in [1.54, 1.807) is 0 Å². The average Bonchev–Trinajstić information content (AvgIpc) is 3.07. The minimum Gasteiger partial charge on any atom is -0.135 e. The van der Waals surface area contributed by atoms with Crippen molar-refractivity contribution in [2.45, 2.75) is 0 Å². The van der Waals surface area contributed by atoms with Gasteiger partial charge in [0.2, 0.25) is 0 Å². The summed E-state index contributed by atoms with van der Waals surface area (Å²) >= 11 is 8.09. The van der Waals surface area contributed by atoms with E-state index < -0.39 is 0 Å². The molecule has 0 bridgehead atoms. The van der Waals surface area contributed by atoms with Gasteiger partial charge in [0.05, 0.1) is 0 Å². The van der Waals surface area contributed by atoms with Gasteiger partial charge in [-0.15, -0.1) is 11.3 Å². The quantitative estimate of drug-likeness (QED) is 0.295. The van der Waals surface area contributed by atoms with Gasteiger partial charge in [-0.25, -0.2) is 0 Å². The number of benzene rings is 4. The summed E-state index contributed by atoms with van der Waals surface area (Å²) in [5, 5.41) is 3.31. The molecule has 0 fully saturated rings. The number of hydrogen-bond donors (Lipinski definition) is 0. The molecule has 0 unspecified atom stereocenters. The Morgan fingerprint density at radius 3 is 2.12 bits per heavy atom. The van der Waals surface area contributed by atoms with Gasteiger partial charge in [0.1, 0.15) is 0 Å². The summed E-state index contributed by atoms with van der Waals surface area (Å²) in [6.45, 7) is 0. The van der Waals surface area contributed by atoms with E-state index in [0.717, 1.165) is 5.02 Å². The second-order valence-corrected chi connectivity index (χ2v) is 7.88. The van der Waals surface area contributed by atoms with Crippen LogP contribution in [0.2, 0.25) is 5.02 Å². The van der Waals surface area contributed by atoms with Crippen LogP contribution in [0, 0.1) is 0 Å². The molecule has 0 N–H and O–H groups in total. The minimum absolute atomic E-state index is 0.784. The molecule has 26 heavy (non-hydrogen) atoms. The van der Waals surface area contributed by atoms with E-state index >= 15 is 0 Å². The Hall–Kier alpha value is -2.61. The first-order valence-corrected chi connectivity index (χ1v) is 9.76. The van der Waals surface area contributed by atoms with Gasteiger partial charge in [-0.2, -0.15) is 0 Å². The fourth-order valence-corrected chi connectivity index (χ4v) is 4.80. The number of halogens is 1. The van der Waals surface area contributed by atoms with Crippen molar-refractivity contribution in [3.05, 3.63) is 96.0 Å².